The minimum atomic E-state index is -3.94. The molecule has 1 heterocycles. The van der Waals surface area contributed by atoms with Crippen LogP contribution in [-0.2, 0) is 14.4 Å². The van der Waals surface area contributed by atoms with Gasteiger partial charge in [-0.15, -0.1) is 0 Å². The van der Waals surface area contributed by atoms with Crippen LogP contribution in [0, 0.1) is 11.3 Å². The van der Waals surface area contributed by atoms with E-state index in [-0.39, 0.29) is 10.9 Å². The van der Waals surface area contributed by atoms with E-state index in [4.69, 9.17) is 9.55 Å². The third-order valence-electron chi connectivity index (χ3n) is 2.97. The van der Waals surface area contributed by atoms with Gasteiger partial charge < -0.3 is 9.80 Å². The van der Waals surface area contributed by atoms with Gasteiger partial charge in [-0.25, -0.2) is 0 Å². The van der Waals surface area contributed by atoms with Crippen LogP contribution in [0.5, 0.6) is 0 Å². The van der Waals surface area contributed by atoms with Gasteiger partial charge in [0.05, 0.1) is 12.6 Å². The molecule has 1 aromatic carbocycles. The van der Waals surface area contributed by atoms with Crippen LogP contribution in [0.1, 0.15) is 0 Å². The molecule has 0 amide bonds. The first-order valence-corrected chi connectivity index (χ1v) is 7.27. The van der Waals surface area contributed by atoms with Crippen LogP contribution >= 0.6 is 0 Å². The number of guanidine groups is 1. The highest BCUT2D eigenvalue weighted by Gasteiger charge is 2.31. The van der Waals surface area contributed by atoms with Gasteiger partial charge in [-0.05, 0) is 17.3 Å². The van der Waals surface area contributed by atoms with Crippen LogP contribution in [0.2, 0.25) is 0 Å². The molecule has 0 N–H and O–H groups in total. The molecule has 1 aromatic rings. The quantitative estimate of drug-likeness (QED) is 0.752. The fourth-order valence-corrected chi connectivity index (χ4v) is 2.59. The van der Waals surface area contributed by atoms with Crippen LogP contribution in [-0.4, -0.2) is 50.9 Å². The predicted molar refractivity (Wildman–Crippen MR) is 71.9 cm³/mol. The SMILES string of the molecule is CN1CC(C#N)N(C)/C1=N/OS(=O)(=O)c1ccccc1. The number of hydrogen-bond donors (Lipinski definition) is 0. The van der Waals surface area contributed by atoms with Crippen molar-refractivity contribution in [2.24, 2.45) is 5.16 Å². The Bertz CT molecular complexity index is 651. The number of oxime groups is 1. The number of benzene rings is 1. The molecule has 1 aliphatic heterocycles. The van der Waals surface area contributed by atoms with E-state index in [2.05, 4.69) is 11.2 Å². The molecule has 1 atom stereocenters. The smallest absolute Gasteiger partial charge is 0.340 e. The van der Waals surface area contributed by atoms with Crippen molar-refractivity contribution in [1.29, 1.82) is 5.26 Å². The molecule has 0 aromatic heterocycles. The highest BCUT2D eigenvalue weighted by molar-refractivity contribution is 7.86. The van der Waals surface area contributed by atoms with Crippen molar-refractivity contribution in [3.8, 4) is 6.07 Å². The summed E-state index contributed by atoms with van der Waals surface area (Å²) in [5.41, 5.74) is 0. The van der Waals surface area contributed by atoms with Crippen LogP contribution in [0.15, 0.2) is 40.4 Å². The lowest BCUT2D eigenvalue weighted by molar-refractivity contribution is 0.322. The minimum absolute atomic E-state index is 0.0319. The molecule has 1 fully saturated rings. The predicted octanol–water partition coefficient (Wildman–Crippen LogP) is 0.432. The monoisotopic (exact) mass is 294 g/mol. The van der Waals surface area contributed by atoms with Crippen molar-refractivity contribution in [2.45, 2.75) is 10.9 Å². The Morgan fingerprint density at radius 2 is 2.00 bits per heavy atom. The van der Waals surface area contributed by atoms with Gasteiger partial charge in [0.15, 0.2) is 0 Å². The van der Waals surface area contributed by atoms with E-state index < -0.39 is 10.1 Å². The largest absolute Gasteiger partial charge is 0.358 e. The summed E-state index contributed by atoms with van der Waals surface area (Å²) in [6, 6.07) is 9.49. The fourth-order valence-electron chi connectivity index (χ4n) is 1.85. The molecule has 0 spiro atoms. The van der Waals surface area contributed by atoms with Crippen LogP contribution < -0.4 is 0 Å². The van der Waals surface area contributed by atoms with E-state index >= 15 is 0 Å². The summed E-state index contributed by atoms with van der Waals surface area (Å²) < 4.78 is 28.5. The zero-order valence-corrected chi connectivity index (χ0v) is 11.9. The molecular formula is C12H14N4O3S. The molecule has 0 saturated carbocycles. The molecule has 2 rings (SSSR count). The summed E-state index contributed by atoms with van der Waals surface area (Å²) in [6.07, 6.45) is 0. The summed E-state index contributed by atoms with van der Waals surface area (Å²) in [6.45, 7) is 0.445. The van der Waals surface area contributed by atoms with Gasteiger partial charge >= 0.3 is 10.1 Å². The van der Waals surface area contributed by atoms with Gasteiger partial charge in [0, 0.05) is 14.1 Å². The molecular weight excluding hydrogens is 280 g/mol. The standard InChI is InChI=1S/C12H14N4O3S/c1-15-9-10(8-13)16(2)12(15)14-19-20(17,18)11-6-4-3-5-7-11/h3-7,10H,9H2,1-2H3/b14-12+. The summed E-state index contributed by atoms with van der Waals surface area (Å²) in [5, 5.41) is 12.6. The molecule has 7 nitrogen and oxygen atoms in total. The minimum Gasteiger partial charge on any atom is -0.340 e. The van der Waals surface area contributed by atoms with E-state index in [0.717, 1.165) is 0 Å². The van der Waals surface area contributed by atoms with Gasteiger partial charge in [-0.3, -0.25) is 4.28 Å². The molecule has 0 aliphatic carbocycles. The van der Waals surface area contributed by atoms with Crippen LogP contribution in [0.4, 0.5) is 0 Å². The highest BCUT2D eigenvalue weighted by atomic mass is 32.2. The van der Waals surface area contributed by atoms with Crippen molar-refractivity contribution >= 4 is 16.1 Å². The zero-order chi connectivity index (χ0) is 14.8. The van der Waals surface area contributed by atoms with Crippen molar-refractivity contribution in [2.75, 3.05) is 20.6 Å². The second-order valence-electron chi connectivity index (χ2n) is 4.37. The Morgan fingerprint density at radius 1 is 1.35 bits per heavy atom. The van der Waals surface area contributed by atoms with Gasteiger partial charge in [0.2, 0.25) is 5.96 Å². The number of nitrogens with zero attached hydrogens (tertiary/aromatic N) is 4. The summed E-state index contributed by atoms with van der Waals surface area (Å²) >= 11 is 0. The van der Waals surface area contributed by atoms with Crippen molar-refractivity contribution < 1.29 is 12.7 Å². The van der Waals surface area contributed by atoms with E-state index in [1.165, 1.54) is 12.1 Å². The van der Waals surface area contributed by atoms with Crippen molar-refractivity contribution in [3.05, 3.63) is 30.3 Å². The summed E-state index contributed by atoms with van der Waals surface area (Å²) in [7, 11) is -0.568. The van der Waals surface area contributed by atoms with Crippen molar-refractivity contribution in [3.63, 3.8) is 0 Å². The molecule has 1 aliphatic rings. The number of rotatable bonds is 3. The molecule has 8 heteroatoms. The first-order chi connectivity index (χ1) is 9.45. The number of hydrogen-bond acceptors (Lipinski definition) is 5. The van der Waals surface area contributed by atoms with Gasteiger partial charge in [0.1, 0.15) is 10.9 Å². The lowest BCUT2D eigenvalue weighted by Gasteiger charge is -2.15. The Hall–Kier alpha value is -2.27. The van der Waals surface area contributed by atoms with Crippen molar-refractivity contribution in [1.82, 2.24) is 9.80 Å². The maximum Gasteiger partial charge on any atom is 0.358 e. The lowest BCUT2D eigenvalue weighted by atomic mass is 10.3. The lowest BCUT2D eigenvalue weighted by Crippen LogP contribution is -2.31. The van der Waals surface area contributed by atoms with E-state index in [1.807, 2.05) is 0 Å². The number of likely N-dealkylation sites (N-methyl/N-ethyl adjacent to an activating group) is 2. The van der Waals surface area contributed by atoms with Gasteiger partial charge in [-0.1, -0.05) is 18.2 Å². The Kier molecular flexibility index (Phi) is 3.81. The Labute approximate surface area is 117 Å². The van der Waals surface area contributed by atoms with E-state index in [0.29, 0.717) is 12.5 Å². The first kappa shape index (κ1) is 14.1. The molecule has 1 unspecified atom stereocenters. The van der Waals surface area contributed by atoms with E-state index in [9.17, 15) is 8.42 Å². The highest BCUT2D eigenvalue weighted by Crippen LogP contribution is 2.15. The summed E-state index contributed by atoms with van der Waals surface area (Å²) in [5.74, 6) is 0.302. The topological polar surface area (TPSA) is 86.0 Å². The first-order valence-electron chi connectivity index (χ1n) is 5.86. The van der Waals surface area contributed by atoms with E-state index in [1.54, 1.807) is 42.1 Å². The molecule has 1 saturated heterocycles. The Morgan fingerprint density at radius 3 is 2.55 bits per heavy atom. The maximum atomic E-state index is 11.9. The second kappa shape index (κ2) is 5.38. The molecule has 0 bridgehead atoms. The average Bonchev–Trinajstić information content (AvgIpc) is 2.72. The van der Waals surface area contributed by atoms with Gasteiger partial charge in [0.25, 0.3) is 0 Å². The zero-order valence-electron chi connectivity index (χ0n) is 11.1. The normalized spacial score (nSPS) is 21.1. The van der Waals surface area contributed by atoms with Gasteiger partial charge in [-0.2, -0.15) is 13.7 Å². The third-order valence-corrected chi connectivity index (χ3v) is 4.09. The molecule has 0 radical (unpaired) electrons. The third kappa shape index (κ3) is 2.67. The van der Waals surface area contributed by atoms with Crippen LogP contribution in [0.3, 0.4) is 0 Å². The molecule has 106 valence electrons. The Balaban J connectivity index is 2.20. The molecule has 20 heavy (non-hydrogen) atoms. The summed E-state index contributed by atoms with van der Waals surface area (Å²) in [4.78, 5) is 3.26. The van der Waals surface area contributed by atoms with Crippen LogP contribution in [0.25, 0.3) is 0 Å². The number of nitriles is 1. The fraction of sp³-hybridized carbons (Fsp3) is 0.333. The second-order valence-corrected chi connectivity index (χ2v) is 5.90. The maximum absolute atomic E-state index is 11.9. The average molecular weight is 294 g/mol.